The molecule has 1 heterocycles. The first-order chi connectivity index (χ1) is 8.56. The Bertz CT molecular complexity index is 548. The van der Waals surface area contributed by atoms with Gasteiger partial charge in [0.2, 0.25) is 0 Å². The second-order valence-corrected chi connectivity index (χ2v) is 4.30. The van der Waals surface area contributed by atoms with E-state index in [9.17, 15) is 9.90 Å². The molecule has 0 unspecified atom stereocenters. The number of aromatic hydroxyl groups is 1. The van der Waals surface area contributed by atoms with E-state index in [-0.39, 0.29) is 22.6 Å². The van der Waals surface area contributed by atoms with E-state index in [0.717, 1.165) is 5.56 Å². The van der Waals surface area contributed by atoms with Gasteiger partial charge in [-0.3, -0.25) is 4.79 Å². The van der Waals surface area contributed by atoms with Gasteiger partial charge in [-0.25, -0.2) is 0 Å². The third-order valence-corrected chi connectivity index (χ3v) is 2.69. The predicted molar refractivity (Wildman–Crippen MR) is 67.6 cm³/mol. The third kappa shape index (κ3) is 2.84. The van der Waals surface area contributed by atoms with Crippen molar-refractivity contribution in [2.45, 2.75) is 6.54 Å². The molecule has 2 rings (SSSR count). The summed E-state index contributed by atoms with van der Waals surface area (Å²) in [6.07, 6.45) is 0. The molecule has 1 amide bonds. The number of nitrogens with zero attached hydrogens (tertiary/aromatic N) is 1. The average molecular weight is 266 g/mol. The van der Waals surface area contributed by atoms with Crippen molar-refractivity contribution >= 4 is 17.5 Å². The molecule has 1 N–H and O–H groups in total. The minimum Gasteiger partial charge on any atom is -0.508 e. The van der Waals surface area contributed by atoms with Gasteiger partial charge in [0.05, 0.1) is 0 Å². The first-order valence-electron chi connectivity index (χ1n) is 5.35. The Hall–Kier alpha value is -1.94. The van der Waals surface area contributed by atoms with Crippen LogP contribution in [0.4, 0.5) is 0 Å². The molecule has 0 saturated carbocycles. The lowest BCUT2D eigenvalue weighted by molar-refractivity contribution is 0.0753. The molecule has 4 nitrogen and oxygen atoms in total. The fourth-order valence-electron chi connectivity index (χ4n) is 1.56. The summed E-state index contributed by atoms with van der Waals surface area (Å²) >= 11 is 5.62. The maximum atomic E-state index is 12.0. The van der Waals surface area contributed by atoms with Gasteiger partial charge in [0.1, 0.15) is 5.75 Å². The van der Waals surface area contributed by atoms with E-state index in [0.29, 0.717) is 6.54 Å². The summed E-state index contributed by atoms with van der Waals surface area (Å²) in [7, 11) is 1.67. The summed E-state index contributed by atoms with van der Waals surface area (Å²) in [4.78, 5) is 13.5. The molecule has 0 atom stereocenters. The van der Waals surface area contributed by atoms with E-state index in [1.165, 1.54) is 17.0 Å². The maximum absolute atomic E-state index is 12.0. The van der Waals surface area contributed by atoms with Gasteiger partial charge in [-0.1, -0.05) is 12.1 Å². The van der Waals surface area contributed by atoms with Crippen molar-refractivity contribution in [3.63, 3.8) is 0 Å². The van der Waals surface area contributed by atoms with Gasteiger partial charge in [0.15, 0.2) is 11.0 Å². The highest BCUT2D eigenvalue weighted by molar-refractivity contribution is 6.29. The zero-order valence-electron chi connectivity index (χ0n) is 9.76. The monoisotopic (exact) mass is 265 g/mol. The highest BCUT2D eigenvalue weighted by atomic mass is 35.5. The molecule has 1 aromatic carbocycles. The summed E-state index contributed by atoms with van der Waals surface area (Å²) in [5.41, 5.74) is 0.918. The van der Waals surface area contributed by atoms with Gasteiger partial charge >= 0.3 is 0 Å². The quantitative estimate of drug-likeness (QED) is 0.928. The molecule has 0 aliphatic carbocycles. The van der Waals surface area contributed by atoms with Gasteiger partial charge in [0, 0.05) is 13.6 Å². The number of benzene rings is 1. The zero-order valence-corrected chi connectivity index (χ0v) is 10.5. The van der Waals surface area contributed by atoms with Crippen molar-refractivity contribution < 1.29 is 14.3 Å². The van der Waals surface area contributed by atoms with Gasteiger partial charge in [0.25, 0.3) is 5.91 Å². The lowest BCUT2D eigenvalue weighted by Gasteiger charge is -2.15. The molecule has 0 fully saturated rings. The molecule has 1 aromatic heterocycles. The average Bonchev–Trinajstić information content (AvgIpc) is 2.78. The van der Waals surface area contributed by atoms with Gasteiger partial charge in [-0.05, 0) is 41.4 Å². The molecule has 0 saturated heterocycles. The number of halogens is 1. The van der Waals surface area contributed by atoms with Crippen LogP contribution in [0.25, 0.3) is 0 Å². The molecule has 5 heteroatoms. The normalized spacial score (nSPS) is 10.3. The summed E-state index contributed by atoms with van der Waals surface area (Å²) in [6, 6.07) is 9.75. The number of carbonyl (C=O) groups excluding carboxylic acids is 1. The fraction of sp³-hybridized carbons (Fsp3) is 0.154. The Labute approximate surface area is 109 Å². The second-order valence-electron chi connectivity index (χ2n) is 3.93. The van der Waals surface area contributed by atoms with E-state index >= 15 is 0 Å². The standard InChI is InChI=1S/C13H12ClNO3/c1-15(8-9-2-4-10(16)5-3-9)13(17)11-6-7-12(14)18-11/h2-7,16H,8H2,1H3. The summed E-state index contributed by atoms with van der Waals surface area (Å²) in [5.74, 6) is 0.168. The Morgan fingerprint density at radius 2 is 1.94 bits per heavy atom. The van der Waals surface area contributed by atoms with Crippen molar-refractivity contribution in [3.8, 4) is 5.75 Å². The van der Waals surface area contributed by atoms with E-state index < -0.39 is 0 Å². The number of phenols is 1. The van der Waals surface area contributed by atoms with E-state index in [4.69, 9.17) is 16.0 Å². The van der Waals surface area contributed by atoms with E-state index in [1.54, 1.807) is 31.3 Å². The Morgan fingerprint density at radius 3 is 2.50 bits per heavy atom. The van der Waals surface area contributed by atoms with Crippen LogP contribution in [0, 0.1) is 0 Å². The summed E-state index contributed by atoms with van der Waals surface area (Å²) in [5, 5.41) is 9.36. The number of carbonyl (C=O) groups is 1. The van der Waals surface area contributed by atoms with Crippen LogP contribution in [0.3, 0.4) is 0 Å². The third-order valence-electron chi connectivity index (χ3n) is 2.49. The van der Waals surface area contributed by atoms with Crippen molar-refractivity contribution in [1.29, 1.82) is 0 Å². The van der Waals surface area contributed by atoms with Crippen molar-refractivity contribution in [2.24, 2.45) is 0 Å². The maximum Gasteiger partial charge on any atom is 0.289 e. The highest BCUT2D eigenvalue weighted by Gasteiger charge is 2.15. The molecule has 0 radical (unpaired) electrons. The minimum absolute atomic E-state index is 0.191. The molecular weight excluding hydrogens is 254 g/mol. The fourth-order valence-corrected chi connectivity index (χ4v) is 1.71. The first kappa shape index (κ1) is 12.5. The van der Waals surface area contributed by atoms with Gasteiger partial charge in [-0.2, -0.15) is 0 Å². The summed E-state index contributed by atoms with van der Waals surface area (Å²) < 4.78 is 5.06. The van der Waals surface area contributed by atoms with Crippen molar-refractivity contribution in [2.75, 3.05) is 7.05 Å². The topological polar surface area (TPSA) is 53.7 Å². The van der Waals surface area contributed by atoms with Crippen LogP contribution in [0.2, 0.25) is 5.22 Å². The number of amides is 1. The summed E-state index contributed by atoms with van der Waals surface area (Å²) in [6.45, 7) is 0.428. The van der Waals surface area contributed by atoms with Gasteiger partial charge in [-0.15, -0.1) is 0 Å². The molecule has 2 aromatic rings. The minimum atomic E-state index is -0.241. The largest absolute Gasteiger partial charge is 0.508 e. The molecule has 0 aliphatic rings. The van der Waals surface area contributed by atoms with Crippen LogP contribution < -0.4 is 0 Å². The lowest BCUT2D eigenvalue weighted by atomic mass is 10.2. The molecule has 0 aliphatic heterocycles. The number of furan rings is 1. The number of phenolic OH excluding ortho intramolecular Hbond substituents is 1. The van der Waals surface area contributed by atoms with Crippen LogP contribution >= 0.6 is 11.6 Å². The predicted octanol–water partition coefficient (Wildman–Crippen LogP) is 2.91. The van der Waals surface area contributed by atoms with Crippen LogP contribution in [0.15, 0.2) is 40.8 Å². The molecule has 18 heavy (non-hydrogen) atoms. The van der Waals surface area contributed by atoms with E-state index in [1.807, 2.05) is 0 Å². The van der Waals surface area contributed by atoms with Gasteiger partial charge < -0.3 is 14.4 Å². The smallest absolute Gasteiger partial charge is 0.289 e. The van der Waals surface area contributed by atoms with E-state index in [2.05, 4.69) is 0 Å². The van der Waals surface area contributed by atoms with Crippen LogP contribution in [0.5, 0.6) is 5.75 Å². The highest BCUT2D eigenvalue weighted by Crippen LogP contribution is 2.16. The number of hydrogen-bond donors (Lipinski definition) is 1. The Kier molecular flexibility index (Phi) is 3.58. The first-order valence-corrected chi connectivity index (χ1v) is 5.73. The van der Waals surface area contributed by atoms with Crippen molar-refractivity contribution in [1.82, 2.24) is 4.90 Å². The van der Waals surface area contributed by atoms with Crippen molar-refractivity contribution in [3.05, 3.63) is 52.9 Å². The Balaban J connectivity index is 2.05. The molecule has 0 spiro atoms. The molecule has 0 bridgehead atoms. The second kappa shape index (κ2) is 5.14. The zero-order chi connectivity index (χ0) is 13.1. The number of rotatable bonds is 3. The molecule has 94 valence electrons. The number of hydrogen-bond acceptors (Lipinski definition) is 3. The molecular formula is C13H12ClNO3. The Morgan fingerprint density at radius 1 is 1.28 bits per heavy atom. The van der Waals surface area contributed by atoms with Crippen LogP contribution in [-0.2, 0) is 6.54 Å². The SMILES string of the molecule is CN(Cc1ccc(O)cc1)C(=O)c1ccc(Cl)o1. The van der Waals surface area contributed by atoms with Crippen LogP contribution in [-0.4, -0.2) is 23.0 Å². The lowest BCUT2D eigenvalue weighted by Crippen LogP contribution is -2.25. The van der Waals surface area contributed by atoms with Crippen LogP contribution in [0.1, 0.15) is 16.1 Å².